The van der Waals surface area contributed by atoms with Crippen LogP contribution in [0.25, 0.3) is 0 Å². The molecule has 0 atom stereocenters. The van der Waals surface area contributed by atoms with Gasteiger partial charge in [0.25, 0.3) is 0 Å². The van der Waals surface area contributed by atoms with Gasteiger partial charge in [-0.1, -0.05) is 26.7 Å². The van der Waals surface area contributed by atoms with Crippen LogP contribution in [0.15, 0.2) is 0 Å². The molecule has 3 heteroatoms. The maximum absolute atomic E-state index is 11.2. The van der Waals surface area contributed by atoms with Gasteiger partial charge < -0.3 is 4.74 Å². The zero-order chi connectivity index (χ0) is 12.2. The summed E-state index contributed by atoms with van der Waals surface area (Å²) in [5.41, 5.74) is 0. The van der Waals surface area contributed by atoms with E-state index in [-0.39, 0.29) is 11.8 Å². The molecule has 94 valence electrons. The van der Waals surface area contributed by atoms with Crippen molar-refractivity contribution in [1.82, 2.24) is 0 Å². The van der Waals surface area contributed by atoms with Crippen molar-refractivity contribution in [3.05, 3.63) is 0 Å². The molecule has 0 spiro atoms. The highest BCUT2D eigenvalue weighted by Crippen LogP contribution is 2.03. The van der Waals surface area contributed by atoms with Crippen LogP contribution >= 0.6 is 0 Å². The third-order valence-corrected chi connectivity index (χ3v) is 2.38. The lowest BCUT2D eigenvalue weighted by Gasteiger charge is -2.03. The minimum absolute atomic E-state index is 0.166. The van der Waals surface area contributed by atoms with E-state index in [2.05, 4.69) is 6.92 Å². The molecule has 0 aromatic carbocycles. The Kier molecular flexibility index (Phi) is 10.1. The third-order valence-electron chi connectivity index (χ3n) is 2.38. The van der Waals surface area contributed by atoms with E-state index in [0.717, 1.165) is 25.7 Å². The van der Waals surface area contributed by atoms with Crippen LogP contribution in [-0.2, 0) is 14.3 Å². The van der Waals surface area contributed by atoms with Crippen molar-refractivity contribution in [2.45, 2.75) is 65.2 Å². The summed E-state index contributed by atoms with van der Waals surface area (Å²) >= 11 is 0. The van der Waals surface area contributed by atoms with E-state index >= 15 is 0 Å². The average molecular weight is 228 g/mol. The molecule has 0 heterocycles. The topological polar surface area (TPSA) is 43.4 Å². The van der Waals surface area contributed by atoms with Crippen molar-refractivity contribution in [2.24, 2.45) is 0 Å². The largest absolute Gasteiger partial charge is 0.466 e. The molecule has 0 aliphatic rings. The van der Waals surface area contributed by atoms with Gasteiger partial charge in [0.05, 0.1) is 6.61 Å². The van der Waals surface area contributed by atoms with Gasteiger partial charge >= 0.3 is 5.97 Å². The second kappa shape index (κ2) is 10.7. The van der Waals surface area contributed by atoms with Crippen molar-refractivity contribution in [1.29, 1.82) is 0 Å². The maximum Gasteiger partial charge on any atom is 0.305 e. The van der Waals surface area contributed by atoms with Crippen molar-refractivity contribution in [2.75, 3.05) is 6.61 Å². The first kappa shape index (κ1) is 15.1. The molecule has 16 heavy (non-hydrogen) atoms. The van der Waals surface area contributed by atoms with E-state index < -0.39 is 0 Å². The average Bonchev–Trinajstić information content (AvgIpc) is 2.25. The smallest absolute Gasteiger partial charge is 0.305 e. The Hall–Kier alpha value is -0.860. The number of esters is 1. The summed E-state index contributed by atoms with van der Waals surface area (Å²) in [6.45, 7) is 4.62. The minimum atomic E-state index is -0.166. The van der Waals surface area contributed by atoms with Gasteiger partial charge in [0, 0.05) is 19.3 Å². The molecule has 0 aromatic heterocycles. The molecule has 0 radical (unpaired) electrons. The number of Topliss-reactive ketones (excluding diaryl/α,β-unsaturated/α-hetero) is 1. The van der Waals surface area contributed by atoms with Gasteiger partial charge in [0.2, 0.25) is 0 Å². The molecule has 0 aliphatic carbocycles. The summed E-state index contributed by atoms with van der Waals surface area (Å²) in [6, 6.07) is 0. The summed E-state index contributed by atoms with van der Waals surface area (Å²) in [5, 5.41) is 0. The van der Waals surface area contributed by atoms with Crippen LogP contribution in [0.2, 0.25) is 0 Å². The lowest BCUT2D eigenvalue weighted by Crippen LogP contribution is -2.07. The number of carbonyl (C=O) groups excluding carboxylic acids is 2. The third kappa shape index (κ3) is 9.69. The van der Waals surface area contributed by atoms with Gasteiger partial charge in [-0.3, -0.25) is 9.59 Å². The number of unbranched alkanes of at least 4 members (excludes halogenated alkanes) is 2. The first-order chi connectivity index (χ1) is 7.70. The van der Waals surface area contributed by atoms with E-state index in [1.807, 2.05) is 6.92 Å². The maximum atomic E-state index is 11.2. The lowest BCUT2D eigenvalue weighted by atomic mass is 10.1. The molecule has 0 aromatic rings. The van der Waals surface area contributed by atoms with Gasteiger partial charge in [0.1, 0.15) is 5.78 Å². The molecule has 0 bridgehead atoms. The highest BCUT2D eigenvalue weighted by Gasteiger charge is 2.05. The highest BCUT2D eigenvalue weighted by atomic mass is 16.5. The molecule has 0 amide bonds. The van der Waals surface area contributed by atoms with Crippen LogP contribution in [0.5, 0.6) is 0 Å². The lowest BCUT2D eigenvalue weighted by molar-refractivity contribution is -0.143. The predicted octanol–water partition coefficient (Wildman–Crippen LogP) is 3.26. The van der Waals surface area contributed by atoms with Crippen molar-refractivity contribution in [3.8, 4) is 0 Å². The fraction of sp³-hybridized carbons (Fsp3) is 0.846. The van der Waals surface area contributed by atoms with Gasteiger partial charge in [-0.15, -0.1) is 0 Å². The number of ether oxygens (including phenoxy) is 1. The van der Waals surface area contributed by atoms with Crippen LogP contribution in [-0.4, -0.2) is 18.4 Å². The molecular formula is C13H24O3. The second-order valence-corrected chi connectivity index (χ2v) is 4.07. The second-order valence-electron chi connectivity index (χ2n) is 4.07. The number of hydrogen-bond donors (Lipinski definition) is 0. The minimum Gasteiger partial charge on any atom is -0.466 e. The van der Waals surface area contributed by atoms with Crippen molar-refractivity contribution < 1.29 is 14.3 Å². The predicted molar refractivity (Wildman–Crippen MR) is 64.3 cm³/mol. The Bertz CT molecular complexity index is 199. The van der Waals surface area contributed by atoms with E-state index in [1.54, 1.807) is 0 Å². The standard InChI is InChI=1S/C13H24O3/c1-3-5-6-11-16-13(15)10-7-9-12(14)8-4-2/h3-11H2,1-2H3. The summed E-state index contributed by atoms with van der Waals surface area (Å²) in [4.78, 5) is 22.4. The molecule has 0 fully saturated rings. The van der Waals surface area contributed by atoms with E-state index in [9.17, 15) is 9.59 Å². The van der Waals surface area contributed by atoms with Gasteiger partial charge in [0.15, 0.2) is 0 Å². The van der Waals surface area contributed by atoms with E-state index in [1.165, 1.54) is 0 Å². The molecule has 0 rings (SSSR count). The molecule has 0 saturated heterocycles. The van der Waals surface area contributed by atoms with Crippen LogP contribution < -0.4 is 0 Å². The van der Waals surface area contributed by atoms with Gasteiger partial charge in [-0.25, -0.2) is 0 Å². The molecule has 0 saturated carbocycles. The first-order valence-corrected chi connectivity index (χ1v) is 6.38. The number of rotatable bonds is 10. The summed E-state index contributed by atoms with van der Waals surface area (Å²) < 4.78 is 5.04. The Morgan fingerprint density at radius 3 is 2.25 bits per heavy atom. The molecular weight excluding hydrogens is 204 g/mol. The summed E-state index contributed by atoms with van der Waals surface area (Å²) in [7, 11) is 0. The summed E-state index contributed by atoms with van der Waals surface area (Å²) in [5.74, 6) is 0.0849. The monoisotopic (exact) mass is 228 g/mol. The number of ketones is 1. The quantitative estimate of drug-likeness (QED) is 0.426. The van der Waals surface area contributed by atoms with Crippen LogP contribution in [0.4, 0.5) is 0 Å². The first-order valence-electron chi connectivity index (χ1n) is 6.38. The Labute approximate surface area is 98.6 Å². The fourth-order valence-electron chi connectivity index (χ4n) is 1.44. The molecule has 0 aliphatic heterocycles. The van der Waals surface area contributed by atoms with Crippen LogP contribution in [0.3, 0.4) is 0 Å². The van der Waals surface area contributed by atoms with Crippen molar-refractivity contribution in [3.63, 3.8) is 0 Å². The van der Waals surface area contributed by atoms with Gasteiger partial charge in [-0.05, 0) is 19.3 Å². The van der Waals surface area contributed by atoms with Crippen molar-refractivity contribution >= 4 is 11.8 Å². The van der Waals surface area contributed by atoms with E-state index in [0.29, 0.717) is 32.3 Å². The Balaban J connectivity index is 3.33. The zero-order valence-electron chi connectivity index (χ0n) is 10.6. The highest BCUT2D eigenvalue weighted by molar-refractivity contribution is 5.79. The SMILES string of the molecule is CCCCCOC(=O)CCCC(=O)CCC. The Morgan fingerprint density at radius 1 is 0.875 bits per heavy atom. The zero-order valence-corrected chi connectivity index (χ0v) is 10.6. The molecule has 3 nitrogen and oxygen atoms in total. The number of carbonyl (C=O) groups is 2. The normalized spacial score (nSPS) is 10.1. The van der Waals surface area contributed by atoms with Crippen LogP contribution in [0, 0.1) is 0 Å². The number of hydrogen-bond acceptors (Lipinski definition) is 3. The van der Waals surface area contributed by atoms with E-state index in [4.69, 9.17) is 4.74 Å². The van der Waals surface area contributed by atoms with Gasteiger partial charge in [-0.2, -0.15) is 0 Å². The summed E-state index contributed by atoms with van der Waals surface area (Å²) in [6.07, 6.45) is 6.21. The fourth-order valence-corrected chi connectivity index (χ4v) is 1.44. The Morgan fingerprint density at radius 2 is 1.62 bits per heavy atom. The molecule has 0 unspecified atom stereocenters. The molecule has 0 N–H and O–H groups in total. The van der Waals surface area contributed by atoms with Crippen LogP contribution in [0.1, 0.15) is 65.2 Å².